The van der Waals surface area contributed by atoms with Crippen molar-refractivity contribution in [3.63, 3.8) is 0 Å². The molecule has 0 radical (unpaired) electrons. The molecule has 0 fully saturated rings. The number of hydrogen-bond acceptors (Lipinski definition) is 8. The van der Waals surface area contributed by atoms with E-state index in [0.717, 1.165) is 24.0 Å². The molecule has 2 heterocycles. The van der Waals surface area contributed by atoms with Crippen LogP contribution in [0.2, 0.25) is 0 Å². The number of rotatable bonds is 18. The summed E-state index contributed by atoms with van der Waals surface area (Å²) >= 11 is 0. The Balaban J connectivity index is 1.72. The highest BCUT2D eigenvalue weighted by atomic mass is 16.3. The second-order valence-corrected chi connectivity index (χ2v) is 11.5. The summed E-state index contributed by atoms with van der Waals surface area (Å²) in [5.41, 5.74) is 14.8. The Hall–Kier alpha value is -4.06. The van der Waals surface area contributed by atoms with Gasteiger partial charge in [0.2, 0.25) is 0 Å². The lowest BCUT2D eigenvalue weighted by Crippen LogP contribution is -2.41. The number of carbonyl (C=O) groups is 1. The number of ketones is 1. The fourth-order valence-corrected chi connectivity index (χ4v) is 5.52. The number of aromatic nitrogens is 4. The van der Waals surface area contributed by atoms with Crippen LogP contribution in [0.1, 0.15) is 73.3 Å². The first-order valence-corrected chi connectivity index (χ1v) is 16.1. The summed E-state index contributed by atoms with van der Waals surface area (Å²) in [6.07, 6.45) is 3.68. The molecule has 0 aliphatic carbocycles. The molecule has 1 atom stereocenters. The van der Waals surface area contributed by atoms with Crippen molar-refractivity contribution < 1.29 is 9.90 Å². The van der Waals surface area contributed by atoms with E-state index in [9.17, 15) is 19.5 Å². The number of aryl methyl sites for hydroxylation is 2. The van der Waals surface area contributed by atoms with Crippen molar-refractivity contribution >= 4 is 22.6 Å². The van der Waals surface area contributed by atoms with Gasteiger partial charge in [-0.2, -0.15) is 0 Å². The quantitative estimate of drug-likeness (QED) is 0.0752. The SMILES string of the molecule is CCCn1c(=O)c2c(nc(Cc3ccccc3)n2CCNCC(O)CC)n(CCc2ccc(C(=O)CCCCN)cc2N)c1=O. The molecule has 242 valence electrons. The lowest BCUT2D eigenvalue weighted by atomic mass is 10.0. The van der Waals surface area contributed by atoms with Gasteiger partial charge in [0.05, 0.1) is 6.10 Å². The van der Waals surface area contributed by atoms with Gasteiger partial charge >= 0.3 is 5.69 Å². The van der Waals surface area contributed by atoms with Crippen LogP contribution in [0.4, 0.5) is 5.69 Å². The van der Waals surface area contributed by atoms with Gasteiger partial charge in [0.1, 0.15) is 5.82 Å². The van der Waals surface area contributed by atoms with Crippen LogP contribution in [0.3, 0.4) is 0 Å². The number of nitrogens with one attached hydrogen (secondary N) is 1. The van der Waals surface area contributed by atoms with Crippen molar-refractivity contribution in [2.45, 2.75) is 84.5 Å². The van der Waals surface area contributed by atoms with Crippen molar-refractivity contribution in [2.24, 2.45) is 5.73 Å². The maximum atomic E-state index is 13.9. The van der Waals surface area contributed by atoms with Crippen LogP contribution in [0, 0.1) is 0 Å². The van der Waals surface area contributed by atoms with E-state index in [0.29, 0.717) is 86.5 Å². The molecule has 0 saturated heterocycles. The Morgan fingerprint density at radius 2 is 1.78 bits per heavy atom. The highest BCUT2D eigenvalue weighted by molar-refractivity contribution is 5.97. The van der Waals surface area contributed by atoms with Gasteiger partial charge in [-0.15, -0.1) is 0 Å². The van der Waals surface area contributed by atoms with E-state index < -0.39 is 11.8 Å². The van der Waals surface area contributed by atoms with Crippen LogP contribution in [-0.2, 0) is 32.5 Å². The molecule has 6 N–H and O–H groups in total. The number of aliphatic hydroxyl groups excluding tert-OH is 1. The minimum Gasteiger partial charge on any atom is -0.398 e. The van der Waals surface area contributed by atoms with E-state index in [4.69, 9.17) is 16.5 Å². The number of imidazole rings is 1. The number of aliphatic hydroxyl groups is 1. The number of Topliss-reactive ketones (excluding diaryl/α,β-unsaturated/α-hetero) is 1. The van der Waals surface area contributed by atoms with Gasteiger partial charge < -0.3 is 26.5 Å². The first kappa shape index (κ1) is 33.8. The van der Waals surface area contributed by atoms with Gasteiger partial charge in [-0.3, -0.25) is 18.7 Å². The largest absolute Gasteiger partial charge is 0.398 e. The Bertz CT molecular complexity index is 1690. The molecule has 0 amide bonds. The zero-order valence-corrected chi connectivity index (χ0v) is 26.5. The van der Waals surface area contributed by atoms with Crippen LogP contribution in [0.25, 0.3) is 11.2 Å². The summed E-state index contributed by atoms with van der Waals surface area (Å²) in [7, 11) is 0. The third-order valence-corrected chi connectivity index (χ3v) is 8.14. The lowest BCUT2D eigenvalue weighted by molar-refractivity contribution is 0.0979. The van der Waals surface area contributed by atoms with Gasteiger partial charge in [-0.05, 0) is 55.8 Å². The number of benzene rings is 2. The van der Waals surface area contributed by atoms with Gasteiger partial charge in [0.15, 0.2) is 16.9 Å². The molecular formula is C34H47N7O4. The number of anilines is 1. The van der Waals surface area contributed by atoms with Crippen molar-refractivity contribution in [3.8, 4) is 0 Å². The Morgan fingerprint density at radius 1 is 1.00 bits per heavy atom. The Labute approximate surface area is 263 Å². The van der Waals surface area contributed by atoms with Gasteiger partial charge in [-0.25, -0.2) is 9.78 Å². The zero-order valence-electron chi connectivity index (χ0n) is 26.5. The summed E-state index contributed by atoms with van der Waals surface area (Å²) in [5, 5.41) is 13.3. The van der Waals surface area contributed by atoms with Crippen molar-refractivity contribution in [1.82, 2.24) is 24.0 Å². The smallest absolute Gasteiger partial charge is 0.332 e. The predicted molar refractivity (Wildman–Crippen MR) is 179 cm³/mol. The lowest BCUT2D eigenvalue weighted by Gasteiger charge is -2.14. The average molecular weight is 618 g/mol. The van der Waals surface area contributed by atoms with Crippen LogP contribution in [0.15, 0.2) is 58.1 Å². The molecule has 2 aromatic heterocycles. The normalized spacial score (nSPS) is 12.2. The molecule has 4 aromatic rings. The van der Waals surface area contributed by atoms with Crippen LogP contribution in [0.5, 0.6) is 0 Å². The summed E-state index contributed by atoms with van der Waals surface area (Å²) < 4.78 is 4.79. The summed E-state index contributed by atoms with van der Waals surface area (Å²) in [4.78, 5) is 45.1. The fourth-order valence-electron chi connectivity index (χ4n) is 5.52. The zero-order chi connectivity index (χ0) is 32.3. The van der Waals surface area contributed by atoms with E-state index in [1.807, 2.05) is 54.8 Å². The monoisotopic (exact) mass is 617 g/mol. The highest BCUT2D eigenvalue weighted by Gasteiger charge is 2.22. The molecule has 0 spiro atoms. The summed E-state index contributed by atoms with van der Waals surface area (Å²) in [6, 6.07) is 15.2. The standard InChI is InChI=1S/C34H47N7O4/c1-3-18-41-33(44)31-32(38-30(21-24-10-6-5-7-11-24)39(31)20-17-37-23-27(42)4-2)40(34(41)45)19-15-25-13-14-26(22-28(25)36)29(43)12-8-9-16-35/h5-7,10-11,13-14,22,27,37,42H,3-4,8-9,12,15-21,23,35-36H2,1-2H3. The molecule has 0 saturated carbocycles. The Morgan fingerprint density at radius 3 is 2.47 bits per heavy atom. The van der Waals surface area contributed by atoms with E-state index in [1.54, 1.807) is 16.7 Å². The van der Waals surface area contributed by atoms with Crippen molar-refractivity contribution in [1.29, 1.82) is 0 Å². The predicted octanol–water partition coefficient (Wildman–Crippen LogP) is 2.86. The van der Waals surface area contributed by atoms with Crippen LogP contribution >= 0.6 is 0 Å². The molecule has 0 aliphatic heterocycles. The number of nitrogens with two attached hydrogens (primary N) is 2. The molecule has 0 bridgehead atoms. The molecule has 45 heavy (non-hydrogen) atoms. The topological polar surface area (TPSA) is 163 Å². The molecular weight excluding hydrogens is 570 g/mol. The van der Waals surface area contributed by atoms with E-state index in [1.165, 1.54) is 4.57 Å². The first-order valence-electron chi connectivity index (χ1n) is 16.1. The maximum Gasteiger partial charge on any atom is 0.332 e. The number of hydrogen-bond donors (Lipinski definition) is 4. The summed E-state index contributed by atoms with van der Waals surface area (Å²) in [5.74, 6) is 0.715. The van der Waals surface area contributed by atoms with E-state index >= 15 is 0 Å². The third kappa shape index (κ3) is 8.36. The Kier molecular flexibility index (Phi) is 12.3. The number of nitrogen functional groups attached to an aromatic ring is 1. The van der Waals surface area contributed by atoms with Gasteiger partial charge in [0, 0.05) is 56.8 Å². The second-order valence-electron chi connectivity index (χ2n) is 11.5. The molecule has 0 aliphatic rings. The second kappa shape index (κ2) is 16.3. The highest BCUT2D eigenvalue weighted by Crippen LogP contribution is 2.20. The number of unbranched alkanes of at least 4 members (excludes halogenated alkanes) is 1. The van der Waals surface area contributed by atoms with Crippen LogP contribution < -0.4 is 28.0 Å². The average Bonchev–Trinajstić information content (AvgIpc) is 3.39. The van der Waals surface area contributed by atoms with Crippen molar-refractivity contribution in [3.05, 3.63) is 91.9 Å². The maximum absolute atomic E-state index is 13.9. The molecule has 2 aromatic carbocycles. The molecule has 1 unspecified atom stereocenters. The third-order valence-electron chi connectivity index (χ3n) is 8.14. The van der Waals surface area contributed by atoms with Crippen molar-refractivity contribution in [2.75, 3.05) is 25.4 Å². The number of carbonyl (C=O) groups excluding carboxylic acids is 1. The minimum atomic E-state index is -0.448. The van der Waals surface area contributed by atoms with E-state index in [-0.39, 0.29) is 24.4 Å². The molecule has 11 nitrogen and oxygen atoms in total. The van der Waals surface area contributed by atoms with Gasteiger partial charge in [0.25, 0.3) is 5.56 Å². The minimum absolute atomic E-state index is 0.0291. The fraction of sp³-hybridized carbons (Fsp3) is 0.471. The number of nitrogens with zero attached hydrogens (tertiary/aromatic N) is 4. The van der Waals surface area contributed by atoms with Gasteiger partial charge in [-0.1, -0.05) is 56.3 Å². The first-order chi connectivity index (χ1) is 21.8. The number of fused-ring (bicyclic) bond motifs is 1. The molecule has 4 rings (SSSR count). The molecule has 11 heteroatoms. The summed E-state index contributed by atoms with van der Waals surface area (Å²) in [6.45, 7) is 6.37. The van der Waals surface area contributed by atoms with Crippen LogP contribution in [-0.4, -0.2) is 55.3 Å². The van der Waals surface area contributed by atoms with E-state index in [2.05, 4.69) is 5.32 Å².